The Balaban J connectivity index is 1.73. The zero-order chi connectivity index (χ0) is 24.5. The molecule has 8 nitrogen and oxygen atoms in total. The molecule has 0 aliphatic carbocycles. The number of fused-ring (bicyclic) bond motifs is 1. The Morgan fingerprint density at radius 1 is 1.03 bits per heavy atom. The number of hydrogen-bond acceptors (Lipinski definition) is 7. The minimum atomic E-state index is -3.85. The summed E-state index contributed by atoms with van der Waals surface area (Å²) in [6.45, 7) is -3.00. The summed E-state index contributed by atoms with van der Waals surface area (Å²) in [5, 5.41) is 5.12. The van der Waals surface area contributed by atoms with Crippen LogP contribution in [0.2, 0.25) is 0 Å². The Morgan fingerprint density at radius 2 is 1.74 bits per heavy atom. The van der Waals surface area contributed by atoms with Crippen LogP contribution in [0.4, 0.5) is 8.78 Å². The number of primary sulfonamides is 1. The number of cyclic esters (lactones) is 1. The molecular formula is C23H19F2NO7S. The third kappa shape index (κ3) is 4.80. The van der Waals surface area contributed by atoms with E-state index in [1.54, 1.807) is 24.3 Å². The first-order valence-corrected chi connectivity index (χ1v) is 11.4. The van der Waals surface area contributed by atoms with Gasteiger partial charge in [0.15, 0.2) is 11.5 Å². The number of hydrogen-bond donors (Lipinski definition) is 1. The molecule has 0 spiro atoms. The minimum absolute atomic E-state index is 0.0427. The van der Waals surface area contributed by atoms with Crippen molar-refractivity contribution in [2.75, 3.05) is 7.11 Å². The van der Waals surface area contributed by atoms with E-state index in [4.69, 9.17) is 19.3 Å². The zero-order valence-electron chi connectivity index (χ0n) is 17.8. The van der Waals surface area contributed by atoms with Gasteiger partial charge in [-0.15, -0.1) is 0 Å². The van der Waals surface area contributed by atoms with E-state index in [9.17, 15) is 22.0 Å². The Labute approximate surface area is 193 Å². The van der Waals surface area contributed by atoms with Gasteiger partial charge in [0.05, 0.1) is 17.6 Å². The van der Waals surface area contributed by atoms with Crippen LogP contribution in [-0.4, -0.2) is 28.1 Å². The molecule has 3 aromatic carbocycles. The molecule has 2 N–H and O–H groups in total. The lowest BCUT2D eigenvalue weighted by Gasteiger charge is -2.19. The van der Waals surface area contributed by atoms with Gasteiger partial charge in [-0.1, -0.05) is 18.2 Å². The van der Waals surface area contributed by atoms with Gasteiger partial charge >= 0.3 is 12.6 Å². The van der Waals surface area contributed by atoms with Crippen LogP contribution in [0.15, 0.2) is 59.5 Å². The van der Waals surface area contributed by atoms with Crippen molar-refractivity contribution in [2.45, 2.75) is 24.7 Å². The molecule has 0 unspecified atom stereocenters. The fourth-order valence-corrected chi connectivity index (χ4v) is 4.04. The van der Waals surface area contributed by atoms with Crippen LogP contribution >= 0.6 is 0 Å². The molecule has 0 aromatic heterocycles. The second kappa shape index (κ2) is 9.27. The Bertz CT molecular complexity index is 1340. The summed E-state index contributed by atoms with van der Waals surface area (Å²) in [6.07, 6.45) is 0. The first-order valence-electron chi connectivity index (χ1n) is 9.88. The summed E-state index contributed by atoms with van der Waals surface area (Å²) in [7, 11) is -2.56. The van der Waals surface area contributed by atoms with Gasteiger partial charge < -0.3 is 18.9 Å². The third-order valence-corrected chi connectivity index (χ3v) is 6.06. The molecule has 0 atom stereocenters. The average Bonchev–Trinajstić information content (AvgIpc) is 3.17. The fraction of sp³-hybridized carbons (Fsp3) is 0.174. The molecule has 1 heterocycles. The number of halogens is 2. The van der Waals surface area contributed by atoms with Crippen molar-refractivity contribution in [3.05, 3.63) is 71.3 Å². The highest BCUT2D eigenvalue weighted by Gasteiger charge is 2.24. The predicted molar refractivity (Wildman–Crippen MR) is 116 cm³/mol. The molecule has 0 amide bonds. The summed E-state index contributed by atoms with van der Waals surface area (Å²) >= 11 is 0. The number of benzene rings is 3. The van der Waals surface area contributed by atoms with Gasteiger partial charge in [0.25, 0.3) is 0 Å². The number of carbonyl (C=O) groups excluding carboxylic acids is 1. The van der Waals surface area contributed by atoms with Crippen LogP contribution in [0.1, 0.15) is 21.5 Å². The lowest BCUT2D eigenvalue weighted by Crippen LogP contribution is -2.12. The number of methoxy groups -OCH3 is 1. The maximum absolute atomic E-state index is 12.9. The van der Waals surface area contributed by atoms with E-state index in [-0.39, 0.29) is 35.4 Å². The van der Waals surface area contributed by atoms with Gasteiger partial charge in [-0.2, -0.15) is 8.78 Å². The van der Waals surface area contributed by atoms with Crippen molar-refractivity contribution < 1.29 is 40.9 Å². The van der Waals surface area contributed by atoms with Crippen molar-refractivity contribution in [1.29, 1.82) is 0 Å². The zero-order valence-corrected chi connectivity index (χ0v) is 18.6. The molecule has 0 saturated carbocycles. The highest BCUT2D eigenvalue weighted by atomic mass is 32.2. The van der Waals surface area contributed by atoms with Crippen molar-refractivity contribution in [3.63, 3.8) is 0 Å². The van der Waals surface area contributed by atoms with Crippen molar-refractivity contribution >= 4 is 16.0 Å². The first-order chi connectivity index (χ1) is 16.2. The monoisotopic (exact) mass is 491 g/mol. The average molecular weight is 491 g/mol. The normalized spacial score (nSPS) is 12.9. The standard InChI is InChI=1S/C23H19F2NO7S/c1-30-21-19(33-23(24)25)9-8-17(14-4-7-18-15(10-14)12-32-22(18)27)20(21)31-11-13-2-5-16(6-3-13)34(26,28)29/h2-10,23H,11-12H2,1H3,(H2,26,28,29). The molecule has 0 bridgehead atoms. The summed E-state index contributed by atoms with van der Waals surface area (Å²) in [4.78, 5) is 11.7. The van der Waals surface area contributed by atoms with Crippen LogP contribution in [-0.2, 0) is 28.0 Å². The van der Waals surface area contributed by atoms with Crippen molar-refractivity contribution in [2.24, 2.45) is 5.14 Å². The molecule has 178 valence electrons. The van der Waals surface area contributed by atoms with E-state index in [0.29, 0.717) is 27.8 Å². The van der Waals surface area contributed by atoms with E-state index >= 15 is 0 Å². The maximum Gasteiger partial charge on any atom is 0.387 e. The van der Waals surface area contributed by atoms with Crippen LogP contribution in [0, 0.1) is 0 Å². The first kappa shape index (κ1) is 23.5. The van der Waals surface area contributed by atoms with Gasteiger partial charge in [0.2, 0.25) is 15.8 Å². The second-order valence-corrected chi connectivity index (χ2v) is 8.84. The van der Waals surface area contributed by atoms with Gasteiger partial charge in [0.1, 0.15) is 13.2 Å². The number of esters is 1. The molecule has 0 fully saturated rings. The molecule has 34 heavy (non-hydrogen) atoms. The fourth-order valence-electron chi connectivity index (χ4n) is 3.53. The van der Waals surface area contributed by atoms with Crippen LogP contribution in [0.5, 0.6) is 17.2 Å². The van der Waals surface area contributed by atoms with Gasteiger partial charge in [-0.25, -0.2) is 18.4 Å². The van der Waals surface area contributed by atoms with Crippen LogP contribution < -0.4 is 19.3 Å². The molecule has 0 radical (unpaired) electrons. The number of ether oxygens (including phenoxy) is 4. The molecule has 1 aliphatic heterocycles. The lowest BCUT2D eigenvalue weighted by atomic mass is 9.99. The predicted octanol–water partition coefficient (Wildman–Crippen LogP) is 3.86. The van der Waals surface area contributed by atoms with Gasteiger partial charge in [-0.05, 0) is 47.5 Å². The summed E-state index contributed by atoms with van der Waals surface area (Å²) < 4.78 is 69.7. The number of alkyl halides is 2. The highest BCUT2D eigenvalue weighted by molar-refractivity contribution is 7.89. The third-order valence-electron chi connectivity index (χ3n) is 5.13. The smallest absolute Gasteiger partial charge is 0.387 e. The lowest BCUT2D eigenvalue weighted by molar-refractivity contribution is -0.0513. The van der Waals surface area contributed by atoms with Gasteiger partial charge in [0, 0.05) is 11.1 Å². The molecule has 1 aliphatic rings. The van der Waals surface area contributed by atoms with E-state index in [2.05, 4.69) is 4.74 Å². The molecule has 11 heteroatoms. The van der Waals surface area contributed by atoms with Crippen molar-refractivity contribution in [1.82, 2.24) is 0 Å². The summed E-state index contributed by atoms with van der Waals surface area (Å²) in [5.41, 5.74) is 2.86. The molecule has 3 aromatic rings. The second-order valence-electron chi connectivity index (χ2n) is 7.28. The molecule has 0 saturated heterocycles. The number of carbonyl (C=O) groups is 1. The number of sulfonamides is 1. The number of nitrogens with two attached hydrogens (primary N) is 1. The maximum atomic E-state index is 12.9. The van der Waals surface area contributed by atoms with E-state index in [1.807, 2.05) is 0 Å². The van der Waals surface area contributed by atoms with Crippen LogP contribution in [0.3, 0.4) is 0 Å². The van der Waals surface area contributed by atoms with E-state index in [1.165, 1.54) is 37.4 Å². The topological polar surface area (TPSA) is 114 Å². The highest BCUT2D eigenvalue weighted by Crippen LogP contribution is 2.46. The molecular weight excluding hydrogens is 472 g/mol. The van der Waals surface area contributed by atoms with E-state index < -0.39 is 22.6 Å². The van der Waals surface area contributed by atoms with Gasteiger partial charge in [-0.3, -0.25) is 0 Å². The molecule has 4 rings (SSSR count). The minimum Gasteiger partial charge on any atom is -0.490 e. The Hall–Kier alpha value is -3.70. The Kier molecular flexibility index (Phi) is 6.40. The SMILES string of the molecule is COc1c(OC(F)F)ccc(-c2ccc3c(c2)COC3=O)c1OCc1ccc(S(N)(=O)=O)cc1. The summed E-state index contributed by atoms with van der Waals surface area (Å²) in [5.74, 6) is -0.562. The van der Waals surface area contributed by atoms with Crippen LogP contribution in [0.25, 0.3) is 11.1 Å². The Morgan fingerprint density at radius 3 is 2.38 bits per heavy atom. The van der Waals surface area contributed by atoms with Crippen molar-refractivity contribution in [3.8, 4) is 28.4 Å². The largest absolute Gasteiger partial charge is 0.490 e. The quantitative estimate of drug-likeness (QED) is 0.476. The van der Waals surface area contributed by atoms with E-state index in [0.717, 1.165) is 0 Å². The summed E-state index contributed by atoms with van der Waals surface area (Å²) in [6, 6.07) is 13.6. The number of rotatable bonds is 8.